The summed E-state index contributed by atoms with van der Waals surface area (Å²) in [6.45, 7) is 0. The number of aliphatic hydroxyl groups is 1. The number of aliphatic hydroxyl groups excluding tert-OH is 1. The number of ketones is 1. The predicted molar refractivity (Wildman–Crippen MR) is 120 cm³/mol. The monoisotopic (exact) mass is 468 g/mol. The fourth-order valence-corrected chi connectivity index (χ4v) is 4.25. The summed E-state index contributed by atoms with van der Waals surface area (Å²) < 4.78 is 23.2. The van der Waals surface area contributed by atoms with Crippen LogP contribution < -0.4 is 10.0 Å². The van der Waals surface area contributed by atoms with Crippen molar-refractivity contribution in [3.8, 4) is 0 Å². The highest BCUT2D eigenvalue weighted by atomic mass is 35.5. The van der Waals surface area contributed by atoms with Crippen molar-refractivity contribution in [3.63, 3.8) is 0 Å². The number of benzene rings is 3. The van der Waals surface area contributed by atoms with E-state index in [1.165, 1.54) is 29.2 Å². The number of hydrogen-bond donors (Lipinski definition) is 2. The Bertz CT molecular complexity index is 1340. The van der Waals surface area contributed by atoms with Crippen molar-refractivity contribution in [1.82, 2.24) is 0 Å². The molecule has 0 bridgehead atoms. The Morgan fingerprint density at radius 2 is 1.50 bits per heavy atom. The minimum Gasteiger partial charge on any atom is -0.507 e. The number of anilines is 1. The Hall–Kier alpha value is -3.46. The minimum atomic E-state index is -3.93. The summed E-state index contributed by atoms with van der Waals surface area (Å²) in [7, 11) is -3.93. The molecule has 1 fully saturated rings. The lowest BCUT2D eigenvalue weighted by molar-refractivity contribution is -0.132. The van der Waals surface area contributed by atoms with Crippen molar-refractivity contribution in [3.05, 3.63) is 101 Å². The van der Waals surface area contributed by atoms with Crippen LogP contribution in [-0.2, 0) is 19.6 Å². The first-order valence-electron chi connectivity index (χ1n) is 9.43. The Balaban J connectivity index is 1.90. The molecular weight excluding hydrogens is 452 g/mol. The van der Waals surface area contributed by atoms with Gasteiger partial charge >= 0.3 is 0 Å². The van der Waals surface area contributed by atoms with Crippen LogP contribution in [-0.4, -0.2) is 25.2 Å². The second-order valence-electron chi connectivity index (χ2n) is 7.13. The van der Waals surface area contributed by atoms with Crippen molar-refractivity contribution < 1.29 is 23.1 Å². The lowest BCUT2D eigenvalue weighted by Gasteiger charge is -2.25. The number of carbonyl (C=O) groups is 2. The summed E-state index contributed by atoms with van der Waals surface area (Å²) in [5.41, 5.74) is 1.12. The zero-order chi connectivity index (χ0) is 23.0. The second-order valence-corrected chi connectivity index (χ2v) is 9.12. The van der Waals surface area contributed by atoms with E-state index in [-0.39, 0.29) is 21.9 Å². The van der Waals surface area contributed by atoms with Gasteiger partial charge in [0.05, 0.1) is 16.5 Å². The molecule has 1 aliphatic heterocycles. The average Bonchev–Trinajstić information content (AvgIpc) is 3.04. The number of rotatable bonds is 4. The van der Waals surface area contributed by atoms with Gasteiger partial charge < -0.3 is 5.11 Å². The van der Waals surface area contributed by atoms with Gasteiger partial charge in [0, 0.05) is 16.3 Å². The molecule has 3 N–H and O–H groups in total. The van der Waals surface area contributed by atoms with E-state index in [0.29, 0.717) is 16.1 Å². The largest absolute Gasteiger partial charge is 0.507 e. The summed E-state index contributed by atoms with van der Waals surface area (Å²) in [5.74, 6) is -2.04. The highest BCUT2D eigenvalue weighted by Crippen LogP contribution is 2.42. The number of sulfonamides is 1. The average molecular weight is 469 g/mol. The van der Waals surface area contributed by atoms with Crippen LogP contribution in [0.4, 0.5) is 5.69 Å². The van der Waals surface area contributed by atoms with Crippen LogP contribution in [0.1, 0.15) is 17.2 Å². The topological polar surface area (TPSA) is 118 Å². The fourth-order valence-electron chi connectivity index (χ4n) is 3.61. The van der Waals surface area contributed by atoms with Crippen LogP contribution in [0.5, 0.6) is 0 Å². The smallest absolute Gasteiger partial charge is 0.300 e. The van der Waals surface area contributed by atoms with Crippen LogP contribution >= 0.6 is 11.6 Å². The molecule has 0 radical (unpaired) electrons. The van der Waals surface area contributed by atoms with E-state index in [4.69, 9.17) is 16.7 Å². The molecule has 3 aromatic rings. The third-order valence-electron chi connectivity index (χ3n) is 5.12. The van der Waals surface area contributed by atoms with Crippen molar-refractivity contribution in [2.75, 3.05) is 4.90 Å². The van der Waals surface area contributed by atoms with E-state index >= 15 is 0 Å². The van der Waals surface area contributed by atoms with E-state index in [1.807, 2.05) is 0 Å². The van der Waals surface area contributed by atoms with Gasteiger partial charge in [-0.1, -0.05) is 41.9 Å². The number of nitrogens with zero attached hydrogens (tertiary/aromatic N) is 1. The van der Waals surface area contributed by atoms with Crippen LogP contribution in [0.2, 0.25) is 5.02 Å². The van der Waals surface area contributed by atoms with Gasteiger partial charge in [-0.2, -0.15) is 0 Å². The summed E-state index contributed by atoms with van der Waals surface area (Å²) >= 11 is 5.92. The Morgan fingerprint density at radius 3 is 2.06 bits per heavy atom. The number of halogens is 1. The van der Waals surface area contributed by atoms with Gasteiger partial charge in [-0.05, 0) is 54.1 Å². The summed E-state index contributed by atoms with van der Waals surface area (Å²) in [6.07, 6.45) is 0. The number of hydrogen-bond acceptors (Lipinski definition) is 5. The van der Waals surface area contributed by atoms with Gasteiger partial charge in [0.1, 0.15) is 5.76 Å². The molecule has 0 saturated carbocycles. The van der Waals surface area contributed by atoms with Gasteiger partial charge in [-0.15, -0.1) is 0 Å². The molecule has 0 aromatic heterocycles. The third-order valence-corrected chi connectivity index (χ3v) is 6.30. The van der Waals surface area contributed by atoms with Crippen LogP contribution in [0.25, 0.3) is 5.76 Å². The zero-order valence-electron chi connectivity index (χ0n) is 16.5. The lowest BCUT2D eigenvalue weighted by Crippen LogP contribution is -2.29. The maximum absolute atomic E-state index is 13.0. The van der Waals surface area contributed by atoms with Gasteiger partial charge in [-0.3, -0.25) is 14.5 Å². The lowest BCUT2D eigenvalue weighted by atomic mass is 9.95. The molecule has 1 saturated heterocycles. The summed E-state index contributed by atoms with van der Waals surface area (Å²) in [6, 6.07) is 19.4. The molecule has 0 unspecified atom stereocenters. The van der Waals surface area contributed by atoms with Crippen molar-refractivity contribution >= 4 is 44.8 Å². The molecular formula is C23H17ClN2O5S. The van der Waals surface area contributed by atoms with Crippen molar-refractivity contribution in [2.24, 2.45) is 5.14 Å². The molecule has 32 heavy (non-hydrogen) atoms. The second kappa shape index (κ2) is 8.23. The molecule has 0 aliphatic carbocycles. The quantitative estimate of drug-likeness (QED) is 0.344. The number of primary sulfonamides is 1. The van der Waals surface area contributed by atoms with E-state index in [1.54, 1.807) is 54.6 Å². The predicted octanol–water partition coefficient (Wildman–Crippen LogP) is 3.61. The fraction of sp³-hybridized carbons (Fsp3) is 0.0435. The molecule has 162 valence electrons. The van der Waals surface area contributed by atoms with E-state index < -0.39 is 27.8 Å². The number of Topliss-reactive ketones (excluding diaryl/α,β-unsaturated/α-hetero) is 1. The molecule has 4 rings (SSSR count). The van der Waals surface area contributed by atoms with Gasteiger partial charge in [0.2, 0.25) is 10.0 Å². The number of nitrogens with two attached hydrogens (primary N) is 1. The molecule has 3 aromatic carbocycles. The first kappa shape index (κ1) is 21.8. The molecule has 0 spiro atoms. The maximum atomic E-state index is 13.0. The molecule has 1 heterocycles. The molecule has 1 aliphatic rings. The minimum absolute atomic E-state index is 0.0842. The third kappa shape index (κ3) is 3.91. The Labute approximate surface area is 189 Å². The highest BCUT2D eigenvalue weighted by molar-refractivity contribution is 7.89. The Morgan fingerprint density at radius 1 is 0.906 bits per heavy atom. The standard InChI is InChI=1S/C23H17ClN2O5S/c24-16-8-6-15(7-9-16)21(27)19-20(14-4-2-1-3-5-14)26(23(29)22(19)28)17-10-12-18(13-11-17)32(25,30)31/h1-13,20,27H,(H2,25,30,31)/t20-/m1/s1. The number of carbonyl (C=O) groups excluding carboxylic acids is 2. The van der Waals surface area contributed by atoms with Crippen LogP contribution in [0.3, 0.4) is 0 Å². The summed E-state index contributed by atoms with van der Waals surface area (Å²) in [5, 5.41) is 16.6. The van der Waals surface area contributed by atoms with E-state index in [2.05, 4.69) is 0 Å². The van der Waals surface area contributed by atoms with Gasteiger partial charge in [0.25, 0.3) is 11.7 Å². The van der Waals surface area contributed by atoms with Gasteiger partial charge in [-0.25, -0.2) is 13.6 Å². The summed E-state index contributed by atoms with van der Waals surface area (Å²) in [4.78, 5) is 27.2. The highest BCUT2D eigenvalue weighted by Gasteiger charge is 2.46. The van der Waals surface area contributed by atoms with E-state index in [9.17, 15) is 23.1 Å². The first-order valence-corrected chi connectivity index (χ1v) is 11.4. The maximum Gasteiger partial charge on any atom is 0.300 e. The molecule has 1 amide bonds. The molecule has 9 heteroatoms. The van der Waals surface area contributed by atoms with Crippen LogP contribution in [0, 0.1) is 0 Å². The van der Waals surface area contributed by atoms with Crippen molar-refractivity contribution in [1.29, 1.82) is 0 Å². The molecule has 1 atom stereocenters. The normalized spacial score (nSPS) is 18.2. The number of amides is 1. The van der Waals surface area contributed by atoms with E-state index in [0.717, 1.165) is 0 Å². The van der Waals surface area contributed by atoms with Gasteiger partial charge in [0.15, 0.2) is 0 Å². The van der Waals surface area contributed by atoms with Crippen molar-refractivity contribution in [2.45, 2.75) is 10.9 Å². The van der Waals surface area contributed by atoms with Crippen LogP contribution in [0.15, 0.2) is 89.3 Å². The Kier molecular flexibility index (Phi) is 5.60. The molecule has 7 nitrogen and oxygen atoms in total. The zero-order valence-corrected chi connectivity index (χ0v) is 18.0. The first-order chi connectivity index (χ1) is 15.2. The SMILES string of the molecule is NS(=O)(=O)c1ccc(N2C(=O)C(=O)C(=C(O)c3ccc(Cl)cc3)[C@H]2c2ccccc2)cc1.